The van der Waals surface area contributed by atoms with Crippen LogP contribution in [-0.2, 0) is 16.0 Å². The second-order valence-corrected chi connectivity index (χ2v) is 8.17. The number of anilines is 1. The molecule has 9 heteroatoms. The summed E-state index contributed by atoms with van der Waals surface area (Å²) in [5.41, 5.74) is 1.16. The number of carbonyl (C=O) groups excluding carboxylic acids is 3. The summed E-state index contributed by atoms with van der Waals surface area (Å²) < 4.78 is 13.5. The van der Waals surface area contributed by atoms with E-state index in [9.17, 15) is 18.8 Å². The van der Waals surface area contributed by atoms with Crippen LogP contribution in [-0.4, -0.2) is 47.9 Å². The van der Waals surface area contributed by atoms with Crippen LogP contribution in [0.15, 0.2) is 48.5 Å². The van der Waals surface area contributed by atoms with Crippen LogP contribution < -0.4 is 16.0 Å². The number of amides is 4. The lowest BCUT2D eigenvalue weighted by Crippen LogP contribution is -2.53. The van der Waals surface area contributed by atoms with E-state index in [2.05, 4.69) is 16.0 Å². The van der Waals surface area contributed by atoms with Crippen molar-refractivity contribution in [2.75, 3.05) is 18.4 Å². The minimum atomic E-state index is -0.809. The summed E-state index contributed by atoms with van der Waals surface area (Å²) >= 11 is 6.09. The quantitative estimate of drug-likeness (QED) is 0.617. The van der Waals surface area contributed by atoms with Crippen molar-refractivity contribution in [2.45, 2.75) is 38.3 Å². The maximum Gasteiger partial charge on any atom is 0.321 e. The highest BCUT2D eigenvalue weighted by atomic mass is 35.5. The first-order valence-corrected chi connectivity index (χ1v) is 10.8. The molecular weight excluding hydrogens is 435 g/mol. The molecule has 0 radical (unpaired) electrons. The molecule has 0 saturated carbocycles. The molecule has 4 amide bonds. The Kier molecular flexibility index (Phi) is 8.05. The molecular formula is C23H26ClFN4O3. The molecule has 3 N–H and O–H groups in total. The second kappa shape index (κ2) is 10.9. The second-order valence-electron chi connectivity index (χ2n) is 7.77. The van der Waals surface area contributed by atoms with Crippen LogP contribution >= 0.6 is 11.6 Å². The molecule has 32 heavy (non-hydrogen) atoms. The smallest absolute Gasteiger partial charge is 0.321 e. The molecule has 0 bridgehead atoms. The molecule has 3 rings (SSSR count). The Hall–Kier alpha value is -3.13. The minimum Gasteiger partial charge on any atom is -0.351 e. The number of hydrogen-bond acceptors (Lipinski definition) is 3. The van der Waals surface area contributed by atoms with Crippen molar-refractivity contribution >= 4 is 35.1 Å². The summed E-state index contributed by atoms with van der Waals surface area (Å²) in [7, 11) is 0. The highest BCUT2D eigenvalue weighted by molar-refractivity contribution is 6.33. The third-order valence-electron chi connectivity index (χ3n) is 5.27. The SMILES string of the molecule is CC(=O)N[C@@H](Cc1cccc(F)c1)C(=O)NC1CCN(C(=O)Nc2ccccc2Cl)CC1. The zero-order valence-electron chi connectivity index (χ0n) is 17.7. The molecule has 1 atom stereocenters. The van der Waals surface area contributed by atoms with Crippen molar-refractivity contribution in [3.63, 3.8) is 0 Å². The van der Waals surface area contributed by atoms with E-state index in [1.54, 1.807) is 41.3 Å². The van der Waals surface area contributed by atoms with E-state index >= 15 is 0 Å². The van der Waals surface area contributed by atoms with E-state index in [0.29, 0.717) is 42.2 Å². The normalized spacial score (nSPS) is 15.0. The van der Waals surface area contributed by atoms with Crippen molar-refractivity contribution in [2.24, 2.45) is 0 Å². The van der Waals surface area contributed by atoms with Crippen molar-refractivity contribution in [3.05, 3.63) is 64.9 Å². The molecule has 1 heterocycles. The maximum absolute atomic E-state index is 13.5. The van der Waals surface area contributed by atoms with Gasteiger partial charge in [0.25, 0.3) is 0 Å². The summed E-state index contributed by atoms with van der Waals surface area (Å²) in [6, 6.07) is 11.8. The molecule has 1 aliphatic rings. The van der Waals surface area contributed by atoms with E-state index in [-0.39, 0.29) is 30.3 Å². The Morgan fingerprint density at radius 3 is 2.50 bits per heavy atom. The van der Waals surface area contributed by atoms with Crippen molar-refractivity contribution in [1.82, 2.24) is 15.5 Å². The Bertz CT molecular complexity index is 979. The fraction of sp³-hybridized carbons (Fsp3) is 0.348. The van der Waals surface area contributed by atoms with Gasteiger partial charge >= 0.3 is 6.03 Å². The van der Waals surface area contributed by atoms with Gasteiger partial charge in [-0.2, -0.15) is 0 Å². The zero-order chi connectivity index (χ0) is 23.1. The fourth-order valence-electron chi connectivity index (χ4n) is 3.64. The minimum absolute atomic E-state index is 0.129. The van der Waals surface area contributed by atoms with Crippen LogP contribution in [0.1, 0.15) is 25.3 Å². The molecule has 1 aliphatic heterocycles. The molecule has 170 valence electrons. The lowest BCUT2D eigenvalue weighted by Gasteiger charge is -2.33. The average molecular weight is 461 g/mol. The van der Waals surface area contributed by atoms with Gasteiger partial charge < -0.3 is 20.9 Å². The molecule has 1 fully saturated rings. The van der Waals surface area contributed by atoms with E-state index < -0.39 is 11.9 Å². The van der Waals surface area contributed by atoms with Gasteiger partial charge in [0, 0.05) is 32.5 Å². The van der Waals surface area contributed by atoms with Crippen LogP contribution in [0.5, 0.6) is 0 Å². The molecule has 0 aliphatic carbocycles. The van der Waals surface area contributed by atoms with E-state index in [0.717, 1.165) is 0 Å². The zero-order valence-corrected chi connectivity index (χ0v) is 18.5. The highest BCUT2D eigenvalue weighted by Crippen LogP contribution is 2.21. The Morgan fingerprint density at radius 1 is 1.12 bits per heavy atom. The summed E-state index contributed by atoms with van der Waals surface area (Å²) in [6.45, 7) is 2.27. The van der Waals surface area contributed by atoms with Gasteiger partial charge in [0.1, 0.15) is 11.9 Å². The number of halogens is 2. The molecule has 0 unspecified atom stereocenters. The van der Waals surface area contributed by atoms with Gasteiger partial charge in [-0.15, -0.1) is 0 Å². The van der Waals surface area contributed by atoms with Gasteiger partial charge in [0.15, 0.2) is 0 Å². The monoisotopic (exact) mass is 460 g/mol. The van der Waals surface area contributed by atoms with Gasteiger partial charge in [0.05, 0.1) is 10.7 Å². The molecule has 1 saturated heterocycles. The number of piperidine rings is 1. The molecule has 2 aromatic rings. The molecule has 0 spiro atoms. The number of likely N-dealkylation sites (tertiary alicyclic amines) is 1. The average Bonchev–Trinajstić information content (AvgIpc) is 2.75. The van der Waals surface area contributed by atoms with E-state index in [1.165, 1.54) is 19.1 Å². The van der Waals surface area contributed by atoms with Gasteiger partial charge in [0.2, 0.25) is 11.8 Å². The first-order valence-electron chi connectivity index (χ1n) is 10.4. The predicted molar refractivity (Wildman–Crippen MR) is 121 cm³/mol. The number of nitrogens with zero attached hydrogens (tertiary/aromatic N) is 1. The van der Waals surface area contributed by atoms with Gasteiger partial charge in [-0.1, -0.05) is 35.9 Å². The summed E-state index contributed by atoms with van der Waals surface area (Å²) in [5.74, 6) is -1.07. The van der Waals surface area contributed by atoms with Crippen molar-refractivity contribution < 1.29 is 18.8 Å². The summed E-state index contributed by atoms with van der Waals surface area (Å²) in [6.07, 6.45) is 1.34. The molecule has 2 aromatic carbocycles. The standard InChI is InChI=1S/C23H26ClFN4O3/c1-15(30)26-21(14-16-5-4-6-17(25)13-16)22(31)27-18-9-11-29(12-10-18)23(32)28-20-8-3-2-7-19(20)24/h2-8,13,18,21H,9-12,14H2,1H3,(H,26,30)(H,27,31)(H,28,32)/t21-/m0/s1. The third-order valence-corrected chi connectivity index (χ3v) is 5.60. The predicted octanol–water partition coefficient (Wildman–Crippen LogP) is 3.34. The highest BCUT2D eigenvalue weighted by Gasteiger charge is 2.27. The van der Waals surface area contributed by atoms with Gasteiger partial charge in [-0.3, -0.25) is 9.59 Å². The number of hydrogen-bond donors (Lipinski definition) is 3. The van der Waals surface area contributed by atoms with Crippen molar-refractivity contribution in [1.29, 1.82) is 0 Å². The van der Waals surface area contributed by atoms with Crippen LogP contribution in [0.2, 0.25) is 5.02 Å². The molecule has 7 nitrogen and oxygen atoms in total. The van der Waals surface area contributed by atoms with Crippen LogP contribution in [0, 0.1) is 5.82 Å². The van der Waals surface area contributed by atoms with Crippen LogP contribution in [0.4, 0.5) is 14.9 Å². The topological polar surface area (TPSA) is 90.5 Å². The lowest BCUT2D eigenvalue weighted by molar-refractivity contribution is -0.128. The maximum atomic E-state index is 13.5. The number of carbonyl (C=O) groups is 3. The number of urea groups is 1. The largest absolute Gasteiger partial charge is 0.351 e. The van der Waals surface area contributed by atoms with Crippen LogP contribution in [0.25, 0.3) is 0 Å². The summed E-state index contributed by atoms with van der Waals surface area (Å²) in [4.78, 5) is 38.5. The first kappa shape index (κ1) is 23.5. The number of benzene rings is 2. The lowest BCUT2D eigenvalue weighted by atomic mass is 10.0. The Balaban J connectivity index is 1.53. The van der Waals surface area contributed by atoms with E-state index in [1.807, 2.05) is 0 Å². The third kappa shape index (κ3) is 6.68. The Labute approximate surface area is 191 Å². The van der Waals surface area contributed by atoms with E-state index in [4.69, 9.17) is 11.6 Å². The fourth-order valence-corrected chi connectivity index (χ4v) is 3.82. The van der Waals surface area contributed by atoms with Crippen molar-refractivity contribution in [3.8, 4) is 0 Å². The van der Waals surface area contributed by atoms with Gasteiger partial charge in [-0.25, -0.2) is 9.18 Å². The number of para-hydroxylation sites is 1. The van der Waals surface area contributed by atoms with Crippen LogP contribution in [0.3, 0.4) is 0 Å². The van der Waals surface area contributed by atoms with Gasteiger partial charge in [-0.05, 0) is 42.7 Å². The first-order chi connectivity index (χ1) is 15.3. The Morgan fingerprint density at radius 2 is 1.84 bits per heavy atom. The number of rotatable bonds is 6. The summed E-state index contributed by atoms with van der Waals surface area (Å²) in [5, 5.41) is 8.85. The number of nitrogens with one attached hydrogen (secondary N) is 3. The molecule has 0 aromatic heterocycles.